The summed E-state index contributed by atoms with van der Waals surface area (Å²) < 4.78 is 12.6. The van der Waals surface area contributed by atoms with Gasteiger partial charge in [0.2, 0.25) is 5.91 Å². The number of esters is 1. The Morgan fingerprint density at radius 3 is 2.54 bits per heavy atom. The second kappa shape index (κ2) is 12.5. The maximum atomic E-state index is 12.8. The van der Waals surface area contributed by atoms with Gasteiger partial charge in [-0.15, -0.1) is 28.1 Å². The van der Waals surface area contributed by atoms with Gasteiger partial charge in [-0.2, -0.15) is 0 Å². The van der Waals surface area contributed by atoms with Crippen LogP contribution in [0.5, 0.6) is 5.75 Å². The smallest absolute Gasteiger partial charge is 0.341 e. The van der Waals surface area contributed by atoms with Gasteiger partial charge in [-0.25, -0.2) is 4.79 Å². The summed E-state index contributed by atoms with van der Waals surface area (Å²) in [7, 11) is 0. The van der Waals surface area contributed by atoms with Gasteiger partial charge in [-0.05, 0) is 57.5 Å². The van der Waals surface area contributed by atoms with E-state index < -0.39 is 17.8 Å². The summed E-state index contributed by atoms with van der Waals surface area (Å²) in [5.74, 6) is -0.339. The van der Waals surface area contributed by atoms with Crippen LogP contribution in [0.2, 0.25) is 0 Å². The third-order valence-corrected chi connectivity index (χ3v) is 7.14. The second-order valence-electron chi connectivity index (χ2n) is 8.08. The summed E-state index contributed by atoms with van der Waals surface area (Å²) in [6, 6.07) is 7.50. The van der Waals surface area contributed by atoms with E-state index >= 15 is 0 Å². The van der Waals surface area contributed by atoms with Crippen molar-refractivity contribution in [3.8, 4) is 17.1 Å². The summed E-state index contributed by atoms with van der Waals surface area (Å²) in [6.45, 7) is 11.8. The third-order valence-electron chi connectivity index (χ3n) is 4.95. The topological polar surface area (TPSA) is 138 Å². The van der Waals surface area contributed by atoms with Crippen LogP contribution in [0.3, 0.4) is 0 Å². The lowest BCUT2D eigenvalue weighted by Crippen LogP contribution is -2.18. The van der Waals surface area contributed by atoms with E-state index in [-0.39, 0.29) is 27.3 Å². The normalized spacial score (nSPS) is 10.8. The van der Waals surface area contributed by atoms with Crippen molar-refractivity contribution in [1.82, 2.24) is 14.8 Å². The lowest BCUT2D eigenvalue weighted by Gasteiger charge is -2.11. The molecule has 0 aliphatic heterocycles. The number of thioether (sulfide) groups is 1. The Labute approximate surface area is 223 Å². The van der Waals surface area contributed by atoms with Gasteiger partial charge in [-0.3, -0.25) is 14.2 Å². The molecule has 37 heavy (non-hydrogen) atoms. The highest BCUT2D eigenvalue weighted by molar-refractivity contribution is 7.99. The number of aromatic nitrogens is 3. The molecule has 0 aliphatic rings. The molecule has 0 fully saturated rings. The number of allylic oxidation sites excluding steroid dienone is 1. The monoisotopic (exact) mass is 543 g/mol. The molecule has 0 bridgehead atoms. The van der Waals surface area contributed by atoms with Crippen molar-refractivity contribution in [3.63, 3.8) is 0 Å². The van der Waals surface area contributed by atoms with E-state index in [1.807, 2.05) is 35.8 Å². The van der Waals surface area contributed by atoms with Gasteiger partial charge in [0.05, 0.1) is 28.9 Å². The standard InChI is InChI=1S/C25H29N5O5S2/c1-6-12-30-22(16-8-10-17(11-9-16)34-7-2)28-29-25(30)36-13-18(31)27-23-19(24(33)35-14(3)4)15(5)20(37-23)21(26)32/h6,8-11,14H,1,7,12-13H2,2-5H3,(H2,26,32)(H,27,31). The molecule has 0 spiro atoms. The van der Waals surface area contributed by atoms with Crippen molar-refractivity contribution in [2.75, 3.05) is 17.7 Å². The maximum absolute atomic E-state index is 12.8. The number of primary amides is 1. The largest absolute Gasteiger partial charge is 0.494 e. The molecule has 2 aromatic heterocycles. The third kappa shape index (κ3) is 6.77. The molecule has 10 nitrogen and oxygen atoms in total. The zero-order valence-electron chi connectivity index (χ0n) is 21.1. The summed E-state index contributed by atoms with van der Waals surface area (Å²) >= 11 is 2.13. The van der Waals surface area contributed by atoms with E-state index in [0.29, 0.717) is 29.7 Å². The number of nitrogens with two attached hydrogens (primary N) is 1. The molecule has 0 saturated heterocycles. The van der Waals surface area contributed by atoms with Crippen LogP contribution < -0.4 is 15.8 Å². The Morgan fingerprint density at radius 1 is 1.24 bits per heavy atom. The fourth-order valence-corrected chi connectivity index (χ4v) is 5.23. The Kier molecular flexibility index (Phi) is 9.48. The molecular weight excluding hydrogens is 514 g/mol. The lowest BCUT2D eigenvalue weighted by atomic mass is 10.1. The Hall–Kier alpha value is -3.64. The zero-order chi connectivity index (χ0) is 27.1. The van der Waals surface area contributed by atoms with Crippen LogP contribution in [0, 0.1) is 6.92 Å². The van der Waals surface area contributed by atoms with Crippen LogP contribution in [0.25, 0.3) is 11.4 Å². The number of benzene rings is 1. The number of amides is 2. The van der Waals surface area contributed by atoms with Crippen molar-refractivity contribution in [2.24, 2.45) is 5.73 Å². The average molecular weight is 544 g/mol. The summed E-state index contributed by atoms with van der Waals surface area (Å²) in [4.78, 5) is 37.5. The SMILES string of the molecule is C=CCn1c(SCC(=O)Nc2sc(C(N)=O)c(C)c2C(=O)OC(C)C)nnc1-c1ccc(OCC)cc1. The van der Waals surface area contributed by atoms with E-state index in [0.717, 1.165) is 22.6 Å². The predicted octanol–water partition coefficient (Wildman–Crippen LogP) is 4.29. The first kappa shape index (κ1) is 27.9. The minimum Gasteiger partial charge on any atom is -0.494 e. The van der Waals surface area contributed by atoms with Crippen LogP contribution in [0.1, 0.15) is 46.4 Å². The first-order chi connectivity index (χ1) is 17.7. The number of thiophene rings is 1. The van der Waals surface area contributed by atoms with Gasteiger partial charge in [0.25, 0.3) is 5.91 Å². The van der Waals surface area contributed by atoms with Crippen molar-refractivity contribution in [2.45, 2.75) is 45.5 Å². The maximum Gasteiger partial charge on any atom is 0.341 e. The van der Waals surface area contributed by atoms with Gasteiger partial charge in [-0.1, -0.05) is 17.8 Å². The van der Waals surface area contributed by atoms with Gasteiger partial charge in [0.15, 0.2) is 11.0 Å². The summed E-state index contributed by atoms with van der Waals surface area (Å²) in [5, 5.41) is 12.0. The average Bonchev–Trinajstić information content (AvgIpc) is 3.38. The molecule has 196 valence electrons. The number of carbonyl (C=O) groups is 3. The highest BCUT2D eigenvalue weighted by Crippen LogP contribution is 2.34. The molecule has 0 atom stereocenters. The quantitative estimate of drug-likeness (QED) is 0.196. The number of hydrogen-bond donors (Lipinski definition) is 2. The highest BCUT2D eigenvalue weighted by atomic mass is 32.2. The minimum atomic E-state index is -0.685. The van der Waals surface area contributed by atoms with Crippen molar-refractivity contribution in [1.29, 1.82) is 0 Å². The molecule has 2 heterocycles. The number of carbonyl (C=O) groups excluding carboxylic acids is 3. The van der Waals surface area contributed by atoms with Gasteiger partial charge in [0, 0.05) is 12.1 Å². The molecule has 3 aromatic rings. The number of hydrogen-bond acceptors (Lipinski definition) is 9. The lowest BCUT2D eigenvalue weighted by molar-refractivity contribution is -0.113. The summed E-state index contributed by atoms with van der Waals surface area (Å²) in [6.07, 6.45) is 1.35. The first-order valence-corrected chi connectivity index (χ1v) is 13.3. The van der Waals surface area contributed by atoms with Crippen LogP contribution in [0.4, 0.5) is 5.00 Å². The number of anilines is 1. The number of rotatable bonds is 12. The molecule has 0 unspecified atom stereocenters. The van der Waals surface area contributed by atoms with Crippen LogP contribution in [0.15, 0.2) is 42.1 Å². The van der Waals surface area contributed by atoms with E-state index in [9.17, 15) is 14.4 Å². The predicted molar refractivity (Wildman–Crippen MR) is 144 cm³/mol. The number of ether oxygens (including phenoxy) is 2. The molecule has 1 aromatic carbocycles. The molecule has 0 aliphatic carbocycles. The number of nitrogens with zero attached hydrogens (tertiary/aromatic N) is 3. The minimum absolute atomic E-state index is 0.0138. The van der Waals surface area contributed by atoms with Gasteiger partial charge >= 0.3 is 5.97 Å². The van der Waals surface area contributed by atoms with Crippen molar-refractivity contribution >= 4 is 45.9 Å². The zero-order valence-corrected chi connectivity index (χ0v) is 22.7. The van der Waals surface area contributed by atoms with E-state index in [1.165, 1.54) is 11.8 Å². The number of nitrogens with one attached hydrogen (secondary N) is 1. The Balaban J connectivity index is 1.78. The second-order valence-corrected chi connectivity index (χ2v) is 10.0. The Bertz CT molecular complexity index is 1300. The van der Waals surface area contributed by atoms with E-state index in [1.54, 1.807) is 26.8 Å². The van der Waals surface area contributed by atoms with Crippen LogP contribution in [-0.4, -0.2) is 51.0 Å². The molecule has 0 saturated carbocycles. The van der Waals surface area contributed by atoms with Crippen molar-refractivity contribution < 1.29 is 23.9 Å². The van der Waals surface area contributed by atoms with E-state index in [4.69, 9.17) is 15.2 Å². The molecule has 0 radical (unpaired) electrons. The van der Waals surface area contributed by atoms with Crippen LogP contribution >= 0.6 is 23.1 Å². The van der Waals surface area contributed by atoms with Gasteiger partial charge < -0.3 is 20.5 Å². The molecule has 3 rings (SSSR count). The first-order valence-electron chi connectivity index (χ1n) is 11.5. The molecule has 2 amide bonds. The van der Waals surface area contributed by atoms with Crippen LogP contribution in [-0.2, 0) is 16.1 Å². The molecule has 12 heteroatoms. The summed E-state index contributed by atoms with van der Waals surface area (Å²) in [5.41, 5.74) is 6.79. The Morgan fingerprint density at radius 2 is 1.95 bits per heavy atom. The molecule has 3 N–H and O–H groups in total. The van der Waals surface area contributed by atoms with Gasteiger partial charge in [0.1, 0.15) is 10.8 Å². The van der Waals surface area contributed by atoms with Crippen molar-refractivity contribution in [3.05, 3.63) is 52.9 Å². The fraction of sp³-hybridized carbons (Fsp3) is 0.320. The highest BCUT2D eigenvalue weighted by Gasteiger charge is 2.26. The fourth-order valence-electron chi connectivity index (χ4n) is 3.42. The molecular formula is C25H29N5O5S2. The van der Waals surface area contributed by atoms with E-state index in [2.05, 4.69) is 22.1 Å².